The van der Waals surface area contributed by atoms with Crippen LogP contribution in [0.2, 0.25) is 0 Å². The molecule has 1 heterocycles. The molecule has 0 amide bonds. The molecular formula is C13H28N2. The van der Waals surface area contributed by atoms with Crippen molar-refractivity contribution in [2.45, 2.75) is 46.1 Å². The van der Waals surface area contributed by atoms with Gasteiger partial charge in [0.15, 0.2) is 0 Å². The molecule has 0 atom stereocenters. The van der Waals surface area contributed by atoms with Crippen LogP contribution in [0.4, 0.5) is 0 Å². The van der Waals surface area contributed by atoms with Gasteiger partial charge in [0.05, 0.1) is 0 Å². The van der Waals surface area contributed by atoms with Crippen LogP contribution in [0.25, 0.3) is 0 Å². The van der Waals surface area contributed by atoms with Crippen LogP contribution in [0.15, 0.2) is 0 Å². The smallest absolute Gasteiger partial charge is 0.0125 e. The first-order chi connectivity index (χ1) is 6.93. The Morgan fingerprint density at radius 1 is 1.27 bits per heavy atom. The summed E-state index contributed by atoms with van der Waals surface area (Å²) >= 11 is 0. The predicted octanol–water partition coefficient (Wildman–Crippen LogP) is 2.45. The van der Waals surface area contributed by atoms with Crippen LogP contribution < -0.4 is 0 Å². The second-order valence-corrected chi connectivity index (χ2v) is 6.06. The molecule has 1 aliphatic heterocycles. The molecule has 0 spiro atoms. The largest absolute Gasteiger partial charge is 0.306 e. The lowest BCUT2D eigenvalue weighted by molar-refractivity contribution is 0.00125. The van der Waals surface area contributed by atoms with Gasteiger partial charge in [0.25, 0.3) is 0 Å². The van der Waals surface area contributed by atoms with E-state index in [1.165, 1.54) is 39.0 Å². The van der Waals surface area contributed by atoms with Gasteiger partial charge in [-0.3, -0.25) is 4.90 Å². The summed E-state index contributed by atoms with van der Waals surface area (Å²) in [6.45, 7) is 14.3. The Morgan fingerprint density at radius 2 is 1.87 bits per heavy atom. The molecule has 0 aromatic heterocycles. The van der Waals surface area contributed by atoms with E-state index in [1.807, 2.05) is 0 Å². The minimum absolute atomic E-state index is 0.374. The summed E-state index contributed by atoms with van der Waals surface area (Å²) in [5, 5.41) is 0. The normalized spacial score (nSPS) is 19.6. The SMILES string of the molecule is CCCCN(C)CC1CN(C(C)(C)C)C1. The molecule has 2 heteroatoms. The molecule has 0 aliphatic carbocycles. The van der Waals surface area contributed by atoms with E-state index in [2.05, 4.69) is 44.5 Å². The molecule has 90 valence electrons. The summed E-state index contributed by atoms with van der Waals surface area (Å²) in [4.78, 5) is 5.07. The molecule has 2 nitrogen and oxygen atoms in total. The molecular weight excluding hydrogens is 184 g/mol. The summed E-state index contributed by atoms with van der Waals surface area (Å²) < 4.78 is 0. The van der Waals surface area contributed by atoms with Gasteiger partial charge in [-0.15, -0.1) is 0 Å². The van der Waals surface area contributed by atoms with E-state index in [-0.39, 0.29) is 0 Å². The van der Waals surface area contributed by atoms with Crippen LogP contribution >= 0.6 is 0 Å². The minimum atomic E-state index is 0.374. The van der Waals surface area contributed by atoms with Crippen molar-refractivity contribution in [3.8, 4) is 0 Å². The van der Waals surface area contributed by atoms with Crippen LogP contribution in [-0.4, -0.2) is 48.6 Å². The number of unbranched alkanes of at least 4 members (excludes halogenated alkanes) is 1. The highest BCUT2D eigenvalue weighted by molar-refractivity contribution is 4.89. The van der Waals surface area contributed by atoms with Crippen molar-refractivity contribution in [3.05, 3.63) is 0 Å². The van der Waals surface area contributed by atoms with Crippen LogP contribution in [0.1, 0.15) is 40.5 Å². The van der Waals surface area contributed by atoms with Crippen LogP contribution in [0.5, 0.6) is 0 Å². The van der Waals surface area contributed by atoms with Gasteiger partial charge in [0.2, 0.25) is 0 Å². The fraction of sp³-hybridized carbons (Fsp3) is 1.00. The number of hydrogen-bond acceptors (Lipinski definition) is 2. The van der Waals surface area contributed by atoms with Crippen molar-refractivity contribution in [2.24, 2.45) is 5.92 Å². The maximum Gasteiger partial charge on any atom is 0.0125 e. The molecule has 0 N–H and O–H groups in total. The van der Waals surface area contributed by atoms with E-state index in [0.29, 0.717) is 5.54 Å². The zero-order chi connectivity index (χ0) is 11.5. The van der Waals surface area contributed by atoms with E-state index in [4.69, 9.17) is 0 Å². The monoisotopic (exact) mass is 212 g/mol. The van der Waals surface area contributed by atoms with E-state index in [0.717, 1.165) is 5.92 Å². The summed E-state index contributed by atoms with van der Waals surface area (Å²) in [6.07, 6.45) is 2.65. The van der Waals surface area contributed by atoms with E-state index >= 15 is 0 Å². The van der Waals surface area contributed by atoms with Crippen molar-refractivity contribution in [1.82, 2.24) is 9.80 Å². The molecule has 15 heavy (non-hydrogen) atoms. The Kier molecular flexibility index (Phi) is 4.60. The first-order valence-corrected chi connectivity index (χ1v) is 6.37. The third kappa shape index (κ3) is 4.12. The Hall–Kier alpha value is -0.0800. The zero-order valence-electron chi connectivity index (χ0n) is 11.2. The van der Waals surface area contributed by atoms with E-state index in [9.17, 15) is 0 Å². The fourth-order valence-corrected chi connectivity index (χ4v) is 2.19. The third-order valence-electron chi connectivity index (χ3n) is 3.37. The van der Waals surface area contributed by atoms with Gasteiger partial charge in [0, 0.05) is 25.2 Å². The molecule has 0 aromatic rings. The highest BCUT2D eigenvalue weighted by Gasteiger charge is 2.34. The lowest BCUT2D eigenvalue weighted by atomic mass is 9.92. The highest BCUT2D eigenvalue weighted by Crippen LogP contribution is 2.25. The number of hydrogen-bond donors (Lipinski definition) is 0. The Labute approximate surface area is 95.6 Å². The standard InChI is InChI=1S/C13H28N2/c1-6-7-8-14(5)9-12-10-15(11-12)13(2,3)4/h12H,6-11H2,1-5H3. The Morgan fingerprint density at radius 3 is 2.33 bits per heavy atom. The number of nitrogens with zero attached hydrogens (tertiary/aromatic N) is 2. The van der Waals surface area contributed by atoms with Crippen molar-refractivity contribution in [3.63, 3.8) is 0 Å². The van der Waals surface area contributed by atoms with Crippen molar-refractivity contribution in [2.75, 3.05) is 33.2 Å². The first kappa shape index (κ1) is 13.0. The Bertz CT molecular complexity index is 177. The van der Waals surface area contributed by atoms with Gasteiger partial charge in [0.1, 0.15) is 0 Å². The molecule has 1 aliphatic rings. The number of likely N-dealkylation sites (tertiary alicyclic amines) is 1. The maximum atomic E-state index is 2.57. The number of rotatable bonds is 5. The van der Waals surface area contributed by atoms with Crippen molar-refractivity contribution in [1.29, 1.82) is 0 Å². The van der Waals surface area contributed by atoms with Crippen LogP contribution in [0, 0.1) is 5.92 Å². The molecule has 0 aromatic carbocycles. The zero-order valence-corrected chi connectivity index (χ0v) is 11.2. The average molecular weight is 212 g/mol. The average Bonchev–Trinajstić information content (AvgIpc) is 2.04. The molecule has 0 radical (unpaired) electrons. The molecule has 0 unspecified atom stereocenters. The lowest BCUT2D eigenvalue weighted by Crippen LogP contribution is -2.58. The fourth-order valence-electron chi connectivity index (χ4n) is 2.19. The van der Waals surface area contributed by atoms with Gasteiger partial charge < -0.3 is 4.90 Å². The van der Waals surface area contributed by atoms with Gasteiger partial charge in [-0.2, -0.15) is 0 Å². The molecule has 1 rings (SSSR count). The van der Waals surface area contributed by atoms with Gasteiger partial charge in [-0.25, -0.2) is 0 Å². The van der Waals surface area contributed by atoms with Gasteiger partial charge >= 0.3 is 0 Å². The van der Waals surface area contributed by atoms with E-state index < -0.39 is 0 Å². The highest BCUT2D eigenvalue weighted by atomic mass is 15.3. The maximum absolute atomic E-state index is 2.57. The topological polar surface area (TPSA) is 6.48 Å². The second kappa shape index (κ2) is 5.31. The summed E-state index contributed by atoms with van der Waals surface area (Å²) in [5.41, 5.74) is 0.374. The van der Waals surface area contributed by atoms with Crippen LogP contribution in [0.3, 0.4) is 0 Å². The first-order valence-electron chi connectivity index (χ1n) is 6.37. The summed E-state index contributed by atoms with van der Waals surface area (Å²) in [5.74, 6) is 0.908. The molecule has 0 bridgehead atoms. The van der Waals surface area contributed by atoms with Crippen molar-refractivity contribution < 1.29 is 0 Å². The van der Waals surface area contributed by atoms with Crippen molar-refractivity contribution >= 4 is 0 Å². The molecule has 1 fully saturated rings. The summed E-state index contributed by atoms with van der Waals surface area (Å²) in [7, 11) is 2.26. The van der Waals surface area contributed by atoms with Crippen LogP contribution in [-0.2, 0) is 0 Å². The predicted molar refractivity (Wildman–Crippen MR) is 67.2 cm³/mol. The lowest BCUT2D eigenvalue weighted by Gasteiger charge is -2.48. The molecule has 0 saturated carbocycles. The summed E-state index contributed by atoms with van der Waals surface area (Å²) in [6, 6.07) is 0. The second-order valence-electron chi connectivity index (χ2n) is 6.06. The minimum Gasteiger partial charge on any atom is -0.306 e. The van der Waals surface area contributed by atoms with E-state index in [1.54, 1.807) is 0 Å². The van der Waals surface area contributed by atoms with Gasteiger partial charge in [-0.1, -0.05) is 13.3 Å². The quantitative estimate of drug-likeness (QED) is 0.691. The third-order valence-corrected chi connectivity index (χ3v) is 3.37. The van der Waals surface area contributed by atoms with Gasteiger partial charge in [-0.05, 0) is 46.7 Å². The molecule has 1 saturated heterocycles. The Balaban J connectivity index is 2.12.